The van der Waals surface area contributed by atoms with Crippen molar-refractivity contribution in [1.29, 1.82) is 0 Å². The maximum Gasteiger partial charge on any atom is 0.0484 e. The minimum Gasteiger partial charge on any atom is -0.143 e. The first-order valence-corrected chi connectivity index (χ1v) is 8.59. The van der Waals surface area contributed by atoms with E-state index in [1.807, 2.05) is 34.0 Å². The van der Waals surface area contributed by atoms with Gasteiger partial charge in [0, 0.05) is 19.5 Å². The Morgan fingerprint density at radius 1 is 0.944 bits per heavy atom. The second-order valence-electron chi connectivity index (χ2n) is 4.17. The predicted octanol–water partition coefficient (Wildman–Crippen LogP) is 6.08. The van der Waals surface area contributed by atoms with E-state index in [1.165, 1.54) is 30.6 Å². The molecule has 0 saturated heterocycles. The third kappa shape index (κ3) is 1.96. The topological polar surface area (TPSA) is 0 Å². The molecule has 3 aromatic heterocycles. The van der Waals surface area contributed by atoms with Gasteiger partial charge in [0.15, 0.2) is 0 Å². The van der Waals surface area contributed by atoms with Crippen molar-refractivity contribution in [3.05, 3.63) is 46.2 Å². The van der Waals surface area contributed by atoms with Gasteiger partial charge in [-0.2, -0.15) is 0 Å². The lowest BCUT2D eigenvalue weighted by atomic mass is 10.1. The average molecular weight is 290 g/mol. The van der Waals surface area contributed by atoms with Gasteiger partial charge in [0.25, 0.3) is 0 Å². The first-order chi connectivity index (χ1) is 8.81. The lowest BCUT2D eigenvalue weighted by Gasteiger charge is -1.99. The summed E-state index contributed by atoms with van der Waals surface area (Å²) in [5, 5.41) is 4.32. The van der Waals surface area contributed by atoms with Crippen LogP contribution in [0, 0.1) is 6.92 Å². The van der Waals surface area contributed by atoms with Crippen molar-refractivity contribution < 1.29 is 0 Å². The SMILES string of the molecule is CCc1c(-c2cccs2)sc(-c2cccs2)c1C. The Balaban J connectivity index is 2.19. The van der Waals surface area contributed by atoms with E-state index in [0.717, 1.165) is 6.42 Å². The van der Waals surface area contributed by atoms with Gasteiger partial charge in [-0.1, -0.05) is 19.1 Å². The molecule has 3 rings (SSSR count). The van der Waals surface area contributed by atoms with Crippen molar-refractivity contribution in [2.75, 3.05) is 0 Å². The van der Waals surface area contributed by atoms with Crippen molar-refractivity contribution in [2.24, 2.45) is 0 Å². The number of thiophene rings is 3. The highest BCUT2D eigenvalue weighted by molar-refractivity contribution is 7.26. The second kappa shape index (κ2) is 5.00. The molecule has 0 unspecified atom stereocenters. The fourth-order valence-electron chi connectivity index (χ4n) is 2.22. The molecule has 3 heterocycles. The average Bonchev–Trinajstić information content (AvgIpc) is 3.09. The maximum absolute atomic E-state index is 2.27. The van der Waals surface area contributed by atoms with Gasteiger partial charge in [0.1, 0.15) is 0 Å². The van der Waals surface area contributed by atoms with Crippen LogP contribution in [0.1, 0.15) is 18.1 Å². The highest BCUT2D eigenvalue weighted by atomic mass is 32.1. The van der Waals surface area contributed by atoms with E-state index in [4.69, 9.17) is 0 Å². The summed E-state index contributed by atoms with van der Waals surface area (Å²) in [7, 11) is 0. The first-order valence-electron chi connectivity index (χ1n) is 6.01. The molecule has 0 atom stereocenters. The van der Waals surface area contributed by atoms with E-state index in [1.54, 1.807) is 0 Å². The van der Waals surface area contributed by atoms with Crippen LogP contribution in [0.2, 0.25) is 0 Å². The molecule has 0 spiro atoms. The zero-order valence-corrected chi connectivity index (χ0v) is 12.8. The lowest BCUT2D eigenvalue weighted by molar-refractivity contribution is 1.13. The molecular weight excluding hydrogens is 276 g/mol. The number of hydrogen-bond acceptors (Lipinski definition) is 3. The highest BCUT2D eigenvalue weighted by Crippen LogP contribution is 2.44. The standard InChI is InChI=1S/C15H14S3/c1-3-11-10(2)14(12-6-4-8-16-12)18-15(11)13-7-5-9-17-13/h4-9H,3H2,1-2H3. The first kappa shape index (κ1) is 12.2. The van der Waals surface area contributed by atoms with Crippen molar-refractivity contribution in [2.45, 2.75) is 20.3 Å². The van der Waals surface area contributed by atoms with Crippen LogP contribution in [0.5, 0.6) is 0 Å². The van der Waals surface area contributed by atoms with Crippen LogP contribution in [0.4, 0.5) is 0 Å². The van der Waals surface area contributed by atoms with Crippen LogP contribution in [0.3, 0.4) is 0 Å². The van der Waals surface area contributed by atoms with E-state index in [9.17, 15) is 0 Å². The molecule has 0 aliphatic heterocycles. The zero-order valence-electron chi connectivity index (χ0n) is 10.4. The molecule has 0 amide bonds. The Bertz CT molecular complexity index is 628. The highest BCUT2D eigenvalue weighted by Gasteiger charge is 2.17. The summed E-state index contributed by atoms with van der Waals surface area (Å²) in [5.41, 5.74) is 2.99. The molecule has 0 fully saturated rings. The molecule has 0 saturated carbocycles. The van der Waals surface area contributed by atoms with Gasteiger partial charge in [-0.3, -0.25) is 0 Å². The molecule has 3 heteroatoms. The third-order valence-corrected chi connectivity index (χ3v) is 6.55. The second-order valence-corrected chi connectivity index (χ2v) is 7.09. The molecule has 18 heavy (non-hydrogen) atoms. The molecule has 0 bridgehead atoms. The monoisotopic (exact) mass is 290 g/mol. The minimum absolute atomic E-state index is 1.11. The van der Waals surface area contributed by atoms with Gasteiger partial charge in [-0.15, -0.1) is 34.0 Å². The van der Waals surface area contributed by atoms with E-state index in [-0.39, 0.29) is 0 Å². The molecule has 0 nitrogen and oxygen atoms in total. The summed E-state index contributed by atoms with van der Waals surface area (Å²) in [5.74, 6) is 0. The van der Waals surface area contributed by atoms with Gasteiger partial charge >= 0.3 is 0 Å². The van der Waals surface area contributed by atoms with Crippen molar-refractivity contribution in [1.82, 2.24) is 0 Å². The van der Waals surface area contributed by atoms with Crippen LogP contribution < -0.4 is 0 Å². The van der Waals surface area contributed by atoms with Gasteiger partial charge < -0.3 is 0 Å². The minimum atomic E-state index is 1.11. The molecule has 0 aliphatic carbocycles. The van der Waals surface area contributed by atoms with Crippen molar-refractivity contribution >= 4 is 34.0 Å². The lowest BCUT2D eigenvalue weighted by Crippen LogP contribution is -1.83. The van der Waals surface area contributed by atoms with Crippen LogP contribution >= 0.6 is 34.0 Å². The van der Waals surface area contributed by atoms with E-state index in [2.05, 4.69) is 48.9 Å². The fraction of sp³-hybridized carbons (Fsp3) is 0.200. The van der Waals surface area contributed by atoms with Crippen molar-refractivity contribution in [3.63, 3.8) is 0 Å². The van der Waals surface area contributed by atoms with Crippen LogP contribution in [-0.4, -0.2) is 0 Å². The Kier molecular flexibility index (Phi) is 3.37. The normalized spacial score (nSPS) is 11.0. The molecule has 0 aromatic carbocycles. The summed E-state index contributed by atoms with van der Waals surface area (Å²) in [4.78, 5) is 5.72. The summed E-state index contributed by atoms with van der Waals surface area (Å²) in [6, 6.07) is 8.73. The molecule has 0 N–H and O–H groups in total. The zero-order chi connectivity index (χ0) is 12.5. The summed E-state index contributed by atoms with van der Waals surface area (Å²) >= 11 is 5.62. The van der Waals surface area contributed by atoms with Crippen LogP contribution in [0.15, 0.2) is 35.0 Å². The van der Waals surface area contributed by atoms with Crippen LogP contribution in [0.25, 0.3) is 19.5 Å². The Morgan fingerprint density at radius 3 is 2.06 bits per heavy atom. The third-order valence-electron chi connectivity index (χ3n) is 3.11. The number of hydrogen-bond donors (Lipinski definition) is 0. The van der Waals surface area contributed by atoms with Gasteiger partial charge in [-0.25, -0.2) is 0 Å². The van der Waals surface area contributed by atoms with Gasteiger partial charge in [0.2, 0.25) is 0 Å². The quantitative estimate of drug-likeness (QED) is 0.548. The largest absolute Gasteiger partial charge is 0.143 e. The number of rotatable bonds is 3. The summed E-state index contributed by atoms with van der Waals surface area (Å²) in [6.07, 6.45) is 1.11. The maximum atomic E-state index is 2.27. The Morgan fingerprint density at radius 2 is 1.56 bits per heavy atom. The van der Waals surface area contributed by atoms with E-state index < -0.39 is 0 Å². The smallest absolute Gasteiger partial charge is 0.0484 e. The molecule has 0 aliphatic rings. The Hall–Kier alpha value is -0.900. The molecule has 3 aromatic rings. The van der Waals surface area contributed by atoms with Gasteiger partial charge in [-0.05, 0) is 47.4 Å². The summed E-state index contributed by atoms with van der Waals surface area (Å²) < 4.78 is 0. The van der Waals surface area contributed by atoms with E-state index >= 15 is 0 Å². The molecule has 0 radical (unpaired) electrons. The Labute approximate surface area is 120 Å². The fourth-order valence-corrected chi connectivity index (χ4v) is 5.41. The summed E-state index contributed by atoms with van der Waals surface area (Å²) in [6.45, 7) is 4.52. The van der Waals surface area contributed by atoms with Gasteiger partial charge in [0.05, 0.1) is 0 Å². The van der Waals surface area contributed by atoms with Crippen LogP contribution in [-0.2, 0) is 6.42 Å². The van der Waals surface area contributed by atoms with E-state index in [0.29, 0.717) is 0 Å². The molecular formula is C15H14S3. The predicted molar refractivity (Wildman–Crippen MR) is 85.1 cm³/mol. The van der Waals surface area contributed by atoms with Crippen molar-refractivity contribution in [3.8, 4) is 19.5 Å². The molecule has 92 valence electrons.